The molecule has 0 radical (unpaired) electrons. The highest BCUT2D eigenvalue weighted by molar-refractivity contribution is 5.71. The highest BCUT2D eigenvalue weighted by atomic mass is 16.6. The van der Waals surface area contributed by atoms with E-state index in [0.29, 0.717) is 19.3 Å². The molecule has 314 valence electrons. The first kappa shape index (κ1) is 51.6. The van der Waals surface area contributed by atoms with Crippen molar-refractivity contribution in [1.82, 2.24) is 0 Å². The van der Waals surface area contributed by atoms with Crippen molar-refractivity contribution < 1.29 is 28.6 Å². The third-order valence-corrected chi connectivity index (χ3v) is 9.88. The van der Waals surface area contributed by atoms with Crippen LogP contribution in [0.2, 0.25) is 0 Å². The molecular weight excluding hydrogens is 673 g/mol. The summed E-state index contributed by atoms with van der Waals surface area (Å²) < 4.78 is 16.6. The molecule has 1 atom stereocenters. The van der Waals surface area contributed by atoms with Gasteiger partial charge in [0.05, 0.1) is 0 Å². The maximum Gasteiger partial charge on any atom is 0.306 e. The standard InChI is InChI=1S/C48H86O6/c1-4-7-10-13-16-19-21-23-24-25-27-29-32-35-38-41-47(50)53-44-45(43-52-46(49)40-37-34-31-28-18-15-12-9-6-3)54-48(51)42-39-36-33-30-26-22-20-17-14-11-8-5-2/h9,12,17-18,20,28,45H,4-8,10-11,13-16,19,21-27,29-44H2,1-3H3/b12-9-,20-17-,28-18-. The van der Waals surface area contributed by atoms with Gasteiger partial charge in [-0.2, -0.15) is 0 Å². The average Bonchev–Trinajstić information content (AvgIpc) is 3.17. The summed E-state index contributed by atoms with van der Waals surface area (Å²) in [5.74, 6) is -0.929. The number of hydrogen-bond donors (Lipinski definition) is 0. The zero-order chi connectivity index (χ0) is 39.4. The number of allylic oxidation sites excluding steroid dienone is 6. The summed E-state index contributed by atoms with van der Waals surface area (Å²) in [5.41, 5.74) is 0. The molecule has 0 saturated heterocycles. The second-order valence-electron chi connectivity index (χ2n) is 15.3. The lowest BCUT2D eigenvalue weighted by molar-refractivity contribution is -0.167. The highest BCUT2D eigenvalue weighted by Gasteiger charge is 2.19. The van der Waals surface area contributed by atoms with Gasteiger partial charge in [0.1, 0.15) is 13.2 Å². The van der Waals surface area contributed by atoms with E-state index in [1.54, 1.807) is 0 Å². The Hall–Kier alpha value is -2.37. The number of ether oxygens (including phenoxy) is 3. The third-order valence-electron chi connectivity index (χ3n) is 9.88. The van der Waals surface area contributed by atoms with Gasteiger partial charge in [0.2, 0.25) is 0 Å². The molecule has 0 rings (SSSR count). The van der Waals surface area contributed by atoms with E-state index in [1.807, 2.05) is 0 Å². The van der Waals surface area contributed by atoms with Gasteiger partial charge in [0, 0.05) is 19.3 Å². The van der Waals surface area contributed by atoms with Gasteiger partial charge in [-0.25, -0.2) is 0 Å². The van der Waals surface area contributed by atoms with E-state index in [0.717, 1.165) is 83.5 Å². The van der Waals surface area contributed by atoms with Crippen LogP contribution in [0.5, 0.6) is 0 Å². The molecule has 0 aliphatic rings. The van der Waals surface area contributed by atoms with Gasteiger partial charge < -0.3 is 14.2 Å². The number of carbonyl (C=O) groups is 3. The molecule has 6 nitrogen and oxygen atoms in total. The topological polar surface area (TPSA) is 78.9 Å². The molecule has 0 N–H and O–H groups in total. The quantitative estimate of drug-likeness (QED) is 0.0267. The monoisotopic (exact) mass is 759 g/mol. The molecule has 0 spiro atoms. The summed E-state index contributed by atoms with van der Waals surface area (Å²) in [6, 6.07) is 0. The second kappa shape index (κ2) is 43.4. The van der Waals surface area contributed by atoms with E-state index < -0.39 is 6.10 Å². The lowest BCUT2D eigenvalue weighted by atomic mass is 10.0. The first-order valence-electron chi connectivity index (χ1n) is 23.0. The maximum atomic E-state index is 12.7. The third kappa shape index (κ3) is 40.8. The van der Waals surface area contributed by atoms with Crippen LogP contribution in [0.4, 0.5) is 0 Å². The maximum absolute atomic E-state index is 12.7. The Morgan fingerprint density at radius 3 is 1.20 bits per heavy atom. The summed E-state index contributed by atoms with van der Waals surface area (Å²) in [6.45, 7) is 6.45. The van der Waals surface area contributed by atoms with Crippen molar-refractivity contribution in [3.63, 3.8) is 0 Å². The Bertz CT molecular complexity index is 922. The van der Waals surface area contributed by atoms with Crippen molar-refractivity contribution in [2.75, 3.05) is 13.2 Å². The molecule has 0 aromatic carbocycles. The molecule has 0 saturated carbocycles. The number of unbranched alkanes of at least 4 members (excludes halogenated alkanes) is 24. The molecule has 0 aromatic rings. The Morgan fingerprint density at radius 2 is 0.722 bits per heavy atom. The van der Waals surface area contributed by atoms with Crippen molar-refractivity contribution in [1.29, 1.82) is 0 Å². The Balaban J connectivity index is 4.35. The predicted molar refractivity (Wildman–Crippen MR) is 229 cm³/mol. The lowest BCUT2D eigenvalue weighted by Gasteiger charge is -2.18. The average molecular weight is 759 g/mol. The van der Waals surface area contributed by atoms with Crippen molar-refractivity contribution >= 4 is 17.9 Å². The highest BCUT2D eigenvalue weighted by Crippen LogP contribution is 2.15. The van der Waals surface area contributed by atoms with Gasteiger partial charge in [-0.1, -0.05) is 179 Å². The van der Waals surface area contributed by atoms with Crippen LogP contribution in [0.25, 0.3) is 0 Å². The molecule has 6 heteroatoms. The summed E-state index contributed by atoms with van der Waals surface area (Å²) in [5, 5.41) is 0. The Kier molecular flexibility index (Phi) is 41.5. The Morgan fingerprint density at radius 1 is 0.389 bits per heavy atom. The Labute approximate surface area is 334 Å². The smallest absolute Gasteiger partial charge is 0.306 e. The minimum absolute atomic E-state index is 0.0835. The van der Waals surface area contributed by atoms with Crippen LogP contribution in [-0.4, -0.2) is 37.2 Å². The van der Waals surface area contributed by atoms with Crippen LogP contribution >= 0.6 is 0 Å². The molecule has 0 amide bonds. The van der Waals surface area contributed by atoms with Gasteiger partial charge in [-0.05, 0) is 70.6 Å². The van der Waals surface area contributed by atoms with E-state index in [-0.39, 0.29) is 31.1 Å². The first-order chi connectivity index (χ1) is 26.5. The predicted octanol–water partition coefficient (Wildman–Crippen LogP) is 14.6. The zero-order valence-corrected chi connectivity index (χ0v) is 35.7. The fourth-order valence-corrected chi connectivity index (χ4v) is 6.41. The van der Waals surface area contributed by atoms with Crippen LogP contribution in [0, 0.1) is 0 Å². The van der Waals surface area contributed by atoms with Gasteiger partial charge in [-0.15, -0.1) is 0 Å². The number of esters is 3. The van der Waals surface area contributed by atoms with Crippen LogP contribution in [0.1, 0.15) is 233 Å². The van der Waals surface area contributed by atoms with Gasteiger partial charge >= 0.3 is 17.9 Å². The second-order valence-corrected chi connectivity index (χ2v) is 15.3. The molecule has 0 aliphatic carbocycles. The first-order valence-corrected chi connectivity index (χ1v) is 23.0. The van der Waals surface area contributed by atoms with Crippen LogP contribution < -0.4 is 0 Å². The minimum Gasteiger partial charge on any atom is -0.462 e. The van der Waals surface area contributed by atoms with E-state index in [2.05, 4.69) is 57.2 Å². The molecule has 0 aliphatic heterocycles. The molecule has 0 fully saturated rings. The number of carbonyl (C=O) groups excluding carboxylic acids is 3. The van der Waals surface area contributed by atoms with Crippen LogP contribution in [-0.2, 0) is 28.6 Å². The van der Waals surface area contributed by atoms with Crippen LogP contribution in [0.3, 0.4) is 0 Å². The van der Waals surface area contributed by atoms with Crippen molar-refractivity contribution in [2.24, 2.45) is 0 Å². The van der Waals surface area contributed by atoms with E-state index in [9.17, 15) is 14.4 Å². The summed E-state index contributed by atoms with van der Waals surface area (Å²) in [4.78, 5) is 37.6. The number of hydrogen-bond acceptors (Lipinski definition) is 6. The fraction of sp³-hybridized carbons (Fsp3) is 0.812. The summed E-state index contributed by atoms with van der Waals surface area (Å²) in [6.07, 6.45) is 48.5. The van der Waals surface area contributed by atoms with Gasteiger partial charge in [-0.3, -0.25) is 14.4 Å². The SMILES string of the molecule is CC/C=C\C/C=C\CCCCC(=O)OCC(COC(=O)CCCCCCCCCCCCCCCCC)OC(=O)CCCCCCC/C=C\CCCCC. The molecule has 1 unspecified atom stereocenters. The van der Waals surface area contributed by atoms with E-state index in [4.69, 9.17) is 14.2 Å². The van der Waals surface area contributed by atoms with Crippen molar-refractivity contribution in [3.05, 3.63) is 36.5 Å². The molecule has 0 heterocycles. The van der Waals surface area contributed by atoms with E-state index in [1.165, 1.54) is 109 Å². The minimum atomic E-state index is -0.783. The van der Waals surface area contributed by atoms with Crippen molar-refractivity contribution in [2.45, 2.75) is 239 Å². The lowest BCUT2D eigenvalue weighted by Crippen LogP contribution is -2.30. The van der Waals surface area contributed by atoms with E-state index >= 15 is 0 Å². The summed E-state index contributed by atoms with van der Waals surface area (Å²) >= 11 is 0. The molecular formula is C48H86O6. The normalized spacial score (nSPS) is 12.3. The fourth-order valence-electron chi connectivity index (χ4n) is 6.41. The number of rotatable bonds is 41. The zero-order valence-electron chi connectivity index (χ0n) is 35.7. The molecule has 0 aromatic heterocycles. The van der Waals surface area contributed by atoms with Gasteiger partial charge in [0.15, 0.2) is 6.10 Å². The molecule has 0 bridgehead atoms. The molecule has 54 heavy (non-hydrogen) atoms. The van der Waals surface area contributed by atoms with Gasteiger partial charge in [0.25, 0.3) is 0 Å². The largest absolute Gasteiger partial charge is 0.462 e. The van der Waals surface area contributed by atoms with Crippen molar-refractivity contribution in [3.8, 4) is 0 Å². The van der Waals surface area contributed by atoms with Crippen LogP contribution in [0.15, 0.2) is 36.5 Å². The summed E-state index contributed by atoms with van der Waals surface area (Å²) in [7, 11) is 0.